The summed E-state index contributed by atoms with van der Waals surface area (Å²) in [5.41, 5.74) is 1.11. The van der Waals surface area contributed by atoms with Crippen molar-refractivity contribution >= 4 is 17.3 Å². The average molecular weight is 433 g/mol. The van der Waals surface area contributed by atoms with Gasteiger partial charge in [0.05, 0.1) is 38.1 Å². The first-order valence-electron chi connectivity index (χ1n) is 10.6. The van der Waals surface area contributed by atoms with Crippen molar-refractivity contribution in [2.45, 2.75) is 25.2 Å². The highest BCUT2D eigenvalue weighted by atomic mass is 32.1. The van der Waals surface area contributed by atoms with Crippen molar-refractivity contribution in [3.05, 3.63) is 40.3 Å². The summed E-state index contributed by atoms with van der Waals surface area (Å²) in [4.78, 5) is 10.8. The van der Waals surface area contributed by atoms with Gasteiger partial charge in [-0.3, -0.25) is 14.6 Å². The number of aliphatic imine (C=N–C) groups is 1. The van der Waals surface area contributed by atoms with Gasteiger partial charge in [-0.2, -0.15) is 5.10 Å². The zero-order chi connectivity index (χ0) is 20.9. The van der Waals surface area contributed by atoms with Gasteiger partial charge in [-0.1, -0.05) is 6.07 Å². The highest BCUT2D eigenvalue weighted by Gasteiger charge is 2.29. The molecule has 2 aliphatic heterocycles. The van der Waals surface area contributed by atoms with Gasteiger partial charge in [-0.05, 0) is 18.4 Å². The Balaban J connectivity index is 1.41. The molecular formula is C21H32N6O2S. The van der Waals surface area contributed by atoms with Crippen LogP contribution in [-0.2, 0) is 16.5 Å². The smallest absolute Gasteiger partial charge is 0.193 e. The number of hydrogen-bond donors (Lipinski definition) is 1. The lowest BCUT2D eigenvalue weighted by Crippen LogP contribution is -2.51. The van der Waals surface area contributed by atoms with Gasteiger partial charge < -0.3 is 19.7 Å². The van der Waals surface area contributed by atoms with Crippen LogP contribution in [0.15, 0.2) is 34.9 Å². The first-order valence-corrected chi connectivity index (χ1v) is 11.5. The summed E-state index contributed by atoms with van der Waals surface area (Å²) in [6.07, 6.45) is 4.19. The molecule has 0 bridgehead atoms. The molecule has 30 heavy (non-hydrogen) atoms. The Kier molecular flexibility index (Phi) is 7.04. The zero-order valence-electron chi connectivity index (χ0n) is 18.0. The molecule has 0 aliphatic carbocycles. The highest BCUT2D eigenvalue weighted by molar-refractivity contribution is 7.10. The first-order chi connectivity index (χ1) is 14.6. The average Bonchev–Trinajstić information content (AvgIpc) is 3.43. The van der Waals surface area contributed by atoms with Crippen LogP contribution in [0.2, 0.25) is 0 Å². The Morgan fingerprint density at radius 2 is 2.20 bits per heavy atom. The lowest BCUT2D eigenvalue weighted by molar-refractivity contribution is -0.0337. The number of hydrogen-bond acceptors (Lipinski definition) is 6. The van der Waals surface area contributed by atoms with Crippen LogP contribution in [0.1, 0.15) is 29.5 Å². The van der Waals surface area contributed by atoms with Gasteiger partial charge in [0.25, 0.3) is 0 Å². The van der Waals surface area contributed by atoms with E-state index in [4.69, 9.17) is 9.47 Å². The van der Waals surface area contributed by atoms with Crippen molar-refractivity contribution in [3.8, 4) is 0 Å². The lowest BCUT2D eigenvalue weighted by atomic mass is 10.1. The monoisotopic (exact) mass is 432 g/mol. The third-order valence-corrected chi connectivity index (χ3v) is 6.69. The van der Waals surface area contributed by atoms with Crippen LogP contribution in [0.4, 0.5) is 0 Å². The summed E-state index contributed by atoms with van der Waals surface area (Å²) < 4.78 is 13.6. The molecule has 2 aromatic heterocycles. The van der Waals surface area contributed by atoms with Crippen LogP contribution in [0.25, 0.3) is 0 Å². The molecule has 0 spiro atoms. The summed E-state index contributed by atoms with van der Waals surface area (Å²) in [6.45, 7) is 7.92. The fourth-order valence-electron chi connectivity index (χ4n) is 4.19. The van der Waals surface area contributed by atoms with E-state index in [2.05, 4.69) is 49.6 Å². The number of nitrogens with one attached hydrogen (secondary N) is 1. The summed E-state index contributed by atoms with van der Waals surface area (Å²) in [5, 5.41) is 10.1. The minimum absolute atomic E-state index is 0.0131. The molecule has 0 saturated carbocycles. The molecule has 4 rings (SSSR count). The summed E-state index contributed by atoms with van der Waals surface area (Å²) >= 11 is 1.82. The molecule has 164 valence electrons. The number of aromatic nitrogens is 2. The Bertz CT molecular complexity index is 823. The van der Waals surface area contributed by atoms with E-state index in [1.807, 2.05) is 42.5 Å². The van der Waals surface area contributed by atoms with E-state index in [1.165, 1.54) is 4.88 Å². The molecule has 9 heteroatoms. The molecule has 2 aromatic rings. The fourth-order valence-corrected chi connectivity index (χ4v) is 5.05. The van der Waals surface area contributed by atoms with E-state index < -0.39 is 0 Å². The van der Waals surface area contributed by atoms with E-state index in [0.29, 0.717) is 12.6 Å². The Morgan fingerprint density at radius 3 is 2.90 bits per heavy atom. The molecule has 3 unspecified atom stereocenters. The third kappa shape index (κ3) is 5.03. The van der Waals surface area contributed by atoms with Crippen LogP contribution >= 0.6 is 11.3 Å². The second-order valence-electron chi connectivity index (χ2n) is 7.89. The summed E-state index contributed by atoms with van der Waals surface area (Å²) in [5.74, 6) is 0.926. The predicted octanol–water partition coefficient (Wildman–Crippen LogP) is 1.89. The number of thiophene rings is 1. The van der Waals surface area contributed by atoms with E-state index in [9.17, 15) is 0 Å². The largest absolute Gasteiger partial charge is 0.376 e. The Labute approximate surface area is 182 Å². The van der Waals surface area contributed by atoms with Crippen molar-refractivity contribution in [2.75, 3.05) is 53.0 Å². The van der Waals surface area contributed by atoms with Crippen molar-refractivity contribution in [1.82, 2.24) is 24.9 Å². The van der Waals surface area contributed by atoms with E-state index in [0.717, 1.165) is 50.9 Å². The van der Waals surface area contributed by atoms with Crippen molar-refractivity contribution < 1.29 is 9.47 Å². The maximum atomic E-state index is 6.00. The minimum Gasteiger partial charge on any atom is -0.376 e. The highest BCUT2D eigenvalue weighted by Crippen LogP contribution is 2.27. The zero-order valence-corrected chi connectivity index (χ0v) is 18.8. The number of ether oxygens (including phenoxy) is 2. The second-order valence-corrected chi connectivity index (χ2v) is 8.87. The quantitative estimate of drug-likeness (QED) is 0.575. The topological polar surface area (TPSA) is 67.2 Å². The van der Waals surface area contributed by atoms with Gasteiger partial charge in [0, 0.05) is 56.9 Å². The third-order valence-electron chi connectivity index (χ3n) is 5.71. The summed E-state index contributed by atoms with van der Waals surface area (Å²) in [6, 6.07) is 4.67. The molecule has 0 radical (unpaired) electrons. The SMILES string of the molecule is CN=C(NCC(c1cccs1)N1CCOC(C)C1)N1CCOC(c2cnn(C)c2)C1. The Morgan fingerprint density at radius 1 is 1.33 bits per heavy atom. The number of guanidine groups is 1. The molecule has 3 atom stereocenters. The number of nitrogens with zero attached hydrogens (tertiary/aromatic N) is 5. The fraction of sp³-hybridized carbons (Fsp3) is 0.619. The van der Waals surface area contributed by atoms with E-state index in [1.54, 1.807) is 0 Å². The van der Waals surface area contributed by atoms with Gasteiger partial charge in [0.2, 0.25) is 0 Å². The van der Waals surface area contributed by atoms with Crippen LogP contribution in [0.5, 0.6) is 0 Å². The van der Waals surface area contributed by atoms with Gasteiger partial charge >= 0.3 is 0 Å². The molecule has 2 aliphatic rings. The molecule has 2 fully saturated rings. The standard InChI is InChI=1S/C21H32N6O2S/c1-16-13-26(6-8-28-16)18(20-5-4-10-30-20)12-23-21(22-2)27-7-9-29-19(15-27)17-11-24-25(3)14-17/h4-5,10-11,14,16,18-19H,6-9,12-13,15H2,1-3H3,(H,22,23). The minimum atomic E-state index is 0.0131. The molecule has 4 heterocycles. The van der Waals surface area contributed by atoms with Gasteiger partial charge in [0.15, 0.2) is 5.96 Å². The normalized spacial score (nSPS) is 24.8. The maximum Gasteiger partial charge on any atom is 0.193 e. The van der Waals surface area contributed by atoms with E-state index in [-0.39, 0.29) is 12.2 Å². The molecule has 0 amide bonds. The lowest BCUT2D eigenvalue weighted by Gasteiger charge is -2.38. The van der Waals surface area contributed by atoms with E-state index >= 15 is 0 Å². The maximum absolute atomic E-state index is 6.00. The van der Waals surface area contributed by atoms with Crippen LogP contribution in [0.3, 0.4) is 0 Å². The van der Waals surface area contributed by atoms with Crippen molar-refractivity contribution in [2.24, 2.45) is 12.0 Å². The van der Waals surface area contributed by atoms with Gasteiger partial charge in [-0.25, -0.2) is 0 Å². The molecular weight excluding hydrogens is 400 g/mol. The van der Waals surface area contributed by atoms with Gasteiger partial charge in [-0.15, -0.1) is 11.3 Å². The van der Waals surface area contributed by atoms with Crippen LogP contribution in [-0.4, -0.2) is 84.6 Å². The molecule has 1 N–H and O–H groups in total. The predicted molar refractivity (Wildman–Crippen MR) is 119 cm³/mol. The van der Waals surface area contributed by atoms with Gasteiger partial charge in [0.1, 0.15) is 6.10 Å². The van der Waals surface area contributed by atoms with Crippen LogP contribution < -0.4 is 5.32 Å². The molecule has 8 nitrogen and oxygen atoms in total. The summed E-state index contributed by atoms with van der Waals surface area (Å²) in [7, 11) is 3.79. The van der Waals surface area contributed by atoms with Crippen LogP contribution in [0, 0.1) is 0 Å². The number of rotatable bonds is 5. The van der Waals surface area contributed by atoms with Crippen molar-refractivity contribution in [3.63, 3.8) is 0 Å². The number of aryl methyl sites for hydroxylation is 1. The number of morpholine rings is 2. The molecule has 2 saturated heterocycles. The van der Waals surface area contributed by atoms with Crippen molar-refractivity contribution in [1.29, 1.82) is 0 Å². The Hall–Kier alpha value is -1.94. The molecule has 0 aromatic carbocycles. The first kappa shape index (κ1) is 21.3. The second kappa shape index (κ2) is 9.91.